The molecular formula is C24H14O4. The van der Waals surface area contributed by atoms with E-state index in [1.165, 1.54) is 12.1 Å². The molecule has 0 aromatic heterocycles. The van der Waals surface area contributed by atoms with Crippen LogP contribution in [0.2, 0.25) is 0 Å². The van der Waals surface area contributed by atoms with Gasteiger partial charge in [-0.2, -0.15) is 0 Å². The minimum Gasteiger partial charge on any atom is -0.507 e. The Bertz CT molecular complexity index is 1140. The number of carbonyl (C=O) groups excluding carboxylic acids is 2. The smallest absolute Gasteiger partial charge is 0.195 e. The SMILES string of the molecule is O=C1C2=C(C(=O)c3c(O)ccc(O)c31)C1c3ccccc3C2c2ccccc21. The van der Waals surface area contributed by atoms with E-state index in [1.807, 2.05) is 48.5 Å². The van der Waals surface area contributed by atoms with Crippen molar-refractivity contribution in [3.63, 3.8) is 0 Å². The molecule has 0 radical (unpaired) electrons. The third kappa shape index (κ3) is 1.62. The largest absolute Gasteiger partial charge is 0.507 e. The summed E-state index contributed by atoms with van der Waals surface area (Å²) in [4.78, 5) is 27.0. The highest BCUT2D eigenvalue weighted by Crippen LogP contribution is 2.58. The maximum Gasteiger partial charge on any atom is 0.195 e. The molecule has 4 aliphatic rings. The number of hydrogen-bond acceptors (Lipinski definition) is 4. The molecule has 0 fully saturated rings. The van der Waals surface area contributed by atoms with E-state index in [1.54, 1.807) is 0 Å². The summed E-state index contributed by atoms with van der Waals surface area (Å²) in [5, 5.41) is 20.6. The third-order valence-electron chi connectivity index (χ3n) is 6.21. The standard InChI is InChI=1S/C24H14O4/c25-15-9-10-16(26)20-19(15)23(27)21-17-11-5-1-2-6-12(11)18(22(21)24(20)28)14-8-4-3-7-13(14)17/h1-10,17-18,25-26H. The van der Waals surface area contributed by atoms with Crippen LogP contribution in [-0.2, 0) is 0 Å². The zero-order chi connectivity index (χ0) is 19.2. The number of aromatic hydroxyl groups is 2. The van der Waals surface area contributed by atoms with E-state index in [9.17, 15) is 19.8 Å². The predicted octanol–water partition coefficient (Wildman–Crippen LogP) is 4.06. The van der Waals surface area contributed by atoms with Crippen LogP contribution in [0.5, 0.6) is 11.5 Å². The van der Waals surface area contributed by atoms with E-state index >= 15 is 0 Å². The maximum absolute atomic E-state index is 13.5. The van der Waals surface area contributed by atoms with Gasteiger partial charge in [0.05, 0.1) is 11.1 Å². The summed E-state index contributed by atoms with van der Waals surface area (Å²) in [5.74, 6) is -2.01. The lowest BCUT2D eigenvalue weighted by Gasteiger charge is -2.44. The molecule has 0 atom stereocenters. The average Bonchev–Trinajstić information content (AvgIpc) is 2.73. The number of allylic oxidation sites excluding steroid dienone is 2. The Labute approximate surface area is 160 Å². The number of fused-ring (bicyclic) bond motifs is 1. The molecule has 3 aromatic carbocycles. The molecule has 0 unspecified atom stereocenters. The quantitative estimate of drug-likeness (QED) is 0.588. The van der Waals surface area contributed by atoms with Crippen molar-refractivity contribution < 1.29 is 19.8 Å². The normalized spacial score (nSPS) is 21.1. The number of phenols is 2. The summed E-state index contributed by atoms with van der Waals surface area (Å²) in [5.41, 5.74) is 4.77. The van der Waals surface area contributed by atoms with Crippen molar-refractivity contribution >= 4 is 11.6 Å². The Kier molecular flexibility index (Phi) is 2.74. The predicted molar refractivity (Wildman–Crippen MR) is 102 cm³/mol. The molecule has 0 heterocycles. The summed E-state index contributed by atoms with van der Waals surface area (Å²) in [7, 11) is 0. The van der Waals surface area contributed by atoms with Crippen LogP contribution in [0.15, 0.2) is 71.8 Å². The summed E-state index contributed by atoms with van der Waals surface area (Å²) in [6.45, 7) is 0. The molecule has 0 spiro atoms. The topological polar surface area (TPSA) is 74.6 Å². The van der Waals surface area contributed by atoms with Gasteiger partial charge in [-0.25, -0.2) is 0 Å². The zero-order valence-corrected chi connectivity index (χ0v) is 14.6. The van der Waals surface area contributed by atoms with Crippen molar-refractivity contribution in [2.45, 2.75) is 11.8 Å². The van der Waals surface area contributed by atoms with E-state index in [4.69, 9.17) is 0 Å². The molecule has 4 aliphatic carbocycles. The van der Waals surface area contributed by atoms with Crippen molar-refractivity contribution in [2.75, 3.05) is 0 Å². The number of benzene rings is 3. The van der Waals surface area contributed by atoms with Gasteiger partial charge < -0.3 is 10.2 Å². The first-order chi connectivity index (χ1) is 13.6. The summed E-state index contributed by atoms with van der Waals surface area (Å²) in [6.07, 6.45) is 0. The lowest BCUT2D eigenvalue weighted by atomic mass is 9.57. The van der Waals surface area contributed by atoms with Crippen molar-refractivity contribution in [3.8, 4) is 11.5 Å². The van der Waals surface area contributed by atoms with Gasteiger partial charge in [0.25, 0.3) is 0 Å². The highest BCUT2D eigenvalue weighted by molar-refractivity contribution is 6.31. The van der Waals surface area contributed by atoms with Gasteiger partial charge in [-0.1, -0.05) is 48.5 Å². The van der Waals surface area contributed by atoms with Crippen LogP contribution >= 0.6 is 0 Å². The van der Waals surface area contributed by atoms with Crippen molar-refractivity contribution in [2.24, 2.45) is 0 Å². The molecule has 4 heteroatoms. The molecule has 2 bridgehead atoms. The van der Waals surface area contributed by atoms with Gasteiger partial charge in [0, 0.05) is 23.0 Å². The van der Waals surface area contributed by atoms with E-state index in [2.05, 4.69) is 0 Å². The minimum atomic E-state index is -0.378. The van der Waals surface area contributed by atoms with Crippen LogP contribution < -0.4 is 0 Å². The first-order valence-electron chi connectivity index (χ1n) is 9.15. The van der Waals surface area contributed by atoms with Crippen LogP contribution in [0.25, 0.3) is 0 Å². The van der Waals surface area contributed by atoms with Gasteiger partial charge >= 0.3 is 0 Å². The first-order valence-corrected chi connectivity index (χ1v) is 9.15. The summed E-state index contributed by atoms with van der Waals surface area (Å²) < 4.78 is 0. The number of phenolic OH excluding ortho intramolecular Hbond substituents is 2. The van der Waals surface area contributed by atoms with Gasteiger partial charge in [0.1, 0.15) is 11.5 Å². The Morgan fingerprint density at radius 1 is 0.536 bits per heavy atom. The second-order valence-electron chi connectivity index (χ2n) is 7.46. The van der Waals surface area contributed by atoms with E-state index < -0.39 is 0 Å². The molecular weight excluding hydrogens is 352 g/mol. The molecule has 7 rings (SSSR count). The average molecular weight is 366 g/mol. The Hall–Kier alpha value is -3.66. The van der Waals surface area contributed by atoms with E-state index in [-0.39, 0.29) is 46.0 Å². The highest BCUT2D eigenvalue weighted by Gasteiger charge is 2.51. The fraction of sp³-hybridized carbons (Fsp3) is 0.0833. The monoisotopic (exact) mass is 366 g/mol. The number of carbonyl (C=O) groups is 2. The van der Waals surface area contributed by atoms with E-state index in [0.717, 1.165) is 22.3 Å². The molecule has 2 N–H and O–H groups in total. The molecule has 3 aromatic rings. The van der Waals surface area contributed by atoms with Crippen LogP contribution in [0, 0.1) is 0 Å². The van der Waals surface area contributed by atoms with Gasteiger partial charge in [-0.15, -0.1) is 0 Å². The summed E-state index contributed by atoms with van der Waals surface area (Å²) >= 11 is 0. The second-order valence-corrected chi connectivity index (χ2v) is 7.46. The number of rotatable bonds is 0. The minimum absolute atomic E-state index is 0.0914. The maximum atomic E-state index is 13.5. The molecule has 4 nitrogen and oxygen atoms in total. The number of Topliss-reactive ketones (excluding diaryl/α,β-unsaturated/α-hetero) is 2. The van der Waals surface area contributed by atoms with Gasteiger partial charge in [-0.3, -0.25) is 9.59 Å². The molecule has 0 saturated carbocycles. The number of ketones is 2. The van der Waals surface area contributed by atoms with Crippen molar-refractivity contribution in [1.29, 1.82) is 0 Å². The van der Waals surface area contributed by atoms with Crippen molar-refractivity contribution in [3.05, 3.63) is 105 Å². The first kappa shape index (κ1) is 15.4. The Morgan fingerprint density at radius 3 is 1.18 bits per heavy atom. The third-order valence-corrected chi connectivity index (χ3v) is 6.21. The molecule has 0 aliphatic heterocycles. The Morgan fingerprint density at radius 2 is 0.857 bits per heavy atom. The van der Waals surface area contributed by atoms with Crippen LogP contribution in [0.3, 0.4) is 0 Å². The van der Waals surface area contributed by atoms with Crippen LogP contribution in [0.4, 0.5) is 0 Å². The molecule has 28 heavy (non-hydrogen) atoms. The van der Waals surface area contributed by atoms with Crippen LogP contribution in [0.1, 0.15) is 54.8 Å². The van der Waals surface area contributed by atoms with Crippen molar-refractivity contribution in [1.82, 2.24) is 0 Å². The molecule has 0 amide bonds. The molecule has 0 saturated heterocycles. The summed E-state index contributed by atoms with van der Waals surface area (Å²) in [6, 6.07) is 18.3. The Balaban J connectivity index is 1.73. The van der Waals surface area contributed by atoms with Gasteiger partial charge in [-0.05, 0) is 34.4 Å². The fourth-order valence-electron chi connectivity index (χ4n) is 5.16. The lowest BCUT2D eigenvalue weighted by Crippen LogP contribution is -2.37. The molecule has 134 valence electrons. The fourth-order valence-corrected chi connectivity index (χ4v) is 5.16. The van der Waals surface area contributed by atoms with E-state index in [0.29, 0.717) is 11.1 Å². The zero-order valence-electron chi connectivity index (χ0n) is 14.6. The van der Waals surface area contributed by atoms with Crippen LogP contribution in [-0.4, -0.2) is 21.8 Å². The van der Waals surface area contributed by atoms with Gasteiger partial charge in [0.2, 0.25) is 0 Å². The number of hydrogen-bond donors (Lipinski definition) is 2. The lowest BCUT2D eigenvalue weighted by molar-refractivity contribution is 0.0958. The van der Waals surface area contributed by atoms with Gasteiger partial charge in [0.15, 0.2) is 11.6 Å². The highest BCUT2D eigenvalue weighted by atomic mass is 16.3. The second kappa shape index (κ2) is 4.98.